The molecule has 0 bridgehead atoms. The van der Waals surface area contributed by atoms with Gasteiger partial charge in [-0.3, -0.25) is 9.59 Å². The van der Waals surface area contributed by atoms with Gasteiger partial charge in [0.05, 0.1) is 6.42 Å². The lowest BCUT2D eigenvalue weighted by atomic mass is 10.1. The number of carbonyl (C=O) groups excluding carboxylic acids is 2. The Morgan fingerprint density at radius 1 is 1.03 bits per heavy atom. The molecule has 4 nitrogen and oxygen atoms in total. The summed E-state index contributed by atoms with van der Waals surface area (Å²) in [6, 6.07) is 14.5. The van der Waals surface area contributed by atoms with Gasteiger partial charge in [-0.1, -0.05) is 72.4 Å². The second-order valence-electron chi connectivity index (χ2n) is 7.55. The molecule has 0 unspecified atom stereocenters. The van der Waals surface area contributed by atoms with Gasteiger partial charge in [0.25, 0.3) is 0 Å². The van der Waals surface area contributed by atoms with Crippen LogP contribution < -0.4 is 5.32 Å². The summed E-state index contributed by atoms with van der Waals surface area (Å²) >= 11 is 12.5. The summed E-state index contributed by atoms with van der Waals surface area (Å²) in [5.41, 5.74) is 1.55. The highest BCUT2D eigenvalue weighted by atomic mass is 35.5. The van der Waals surface area contributed by atoms with E-state index in [0.717, 1.165) is 31.2 Å². The fourth-order valence-corrected chi connectivity index (χ4v) is 4.24. The van der Waals surface area contributed by atoms with Crippen molar-refractivity contribution in [1.29, 1.82) is 0 Å². The van der Waals surface area contributed by atoms with Crippen molar-refractivity contribution in [1.82, 2.24) is 10.2 Å². The minimum absolute atomic E-state index is 0.0480. The molecule has 2 amide bonds. The van der Waals surface area contributed by atoms with Crippen molar-refractivity contribution in [2.75, 3.05) is 0 Å². The quantitative estimate of drug-likeness (QED) is 0.667. The maximum absolute atomic E-state index is 13.2. The largest absolute Gasteiger partial charge is 0.352 e. The number of nitrogens with one attached hydrogen (secondary N) is 1. The third kappa shape index (κ3) is 5.74. The number of rotatable bonds is 7. The van der Waals surface area contributed by atoms with Crippen LogP contribution in [-0.2, 0) is 22.6 Å². The van der Waals surface area contributed by atoms with Crippen LogP contribution >= 0.6 is 23.2 Å². The Kier molecular flexibility index (Phi) is 7.57. The minimum atomic E-state index is -0.593. The Hall–Kier alpha value is -2.04. The number of amides is 2. The molecule has 1 aliphatic rings. The van der Waals surface area contributed by atoms with Gasteiger partial charge < -0.3 is 10.2 Å². The molecule has 0 heterocycles. The van der Waals surface area contributed by atoms with Gasteiger partial charge in [-0.2, -0.15) is 0 Å². The molecule has 154 valence electrons. The predicted octanol–water partition coefficient (Wildman–Crippen LogP) is 5.01. The predicted molar refractivity (Wildman–Crippen MR) is 117 cm³/mol. The highest BCUT2D eigenvalue weighted by Gasteiger charge is 2.29. The molecule has 1 fully saturated rings. The van der Waals surface area contributed by atoms with Crippen LogP contribution in [0.4, 0.5) is 0 Å². The van der Waals surface area contributed by atoms with Crippen LogP contribution in [0.15, 0.2) is 48.5 Å². The molecule has 1 N–H and O–H groups in total. The average Bonchev–Trinajstić information content (AvgIpc) is 3.22. The van der Waals surface area contributed by atoms with Crippen molar-refractivity contribution in [2.45, 2.75) is 57.7 Å². The lowest BCUT2D eigenvalue weighted by Gasteiger charge is -2.30. The molecule has 0 radical (unpaired) electrons. The number of halogens is 2. The lowest BCUT2D eigenvalue weighted by molar-refractivity contribution is -0.140. The van der Waals surface area contributed by atoms with E-state index in [4.69, 9.17) is 23.2 Å². The van der Waals surface area contributed by atoms with Crippen LogP contribution in [0, 0.1) is 0 Å². The maximum atomic E-state index is 13.2. The van der Waals surface area contributed by atoms with Crippen molar-refractivity contribution in [3.05, 3.63) is 69.7 Å². The Labute approximate surface area is 182 Å². The van der Waals surface area contributed by atoms with Crippen LogP contribution in [0.1, 0.15) is 43.7 Å². The van der Waals surface area contributed by atoms with Crippen molar-refractivity contribution >= 4 is 35.0 Å². The summed E-state index contributed by atoms with van der Waals surface area (Å²) in [7, 11) is 0. The summed E-state index contributed by atoms with van der Waals surface area (Å²) in [4.78, 5) is 27.7. The summed E-state index contributed by atoms with van der Waals surface area (Å²) in [5.74, 6) is -0.302. The highest BCUT2D eigenvalue weighted by molar-refractivity contribution is 6.36. The normalized spacial score (nSPS) is 15.1. The average molecular weight is 433 g/mol. The second kappa shape index (κ2) is 10.1. The second-order valence-corrected chi connectivity index (χ2v) is 8.36. The molecular weight excluding hydrogens is 407 g/mol. The zero-order valence-electron chi connectivity index (χ0n) is 16.5. The smallest absolute Gasteiger partial charge is 0.242 e. The molecule has 0 spiro atoms. The maximum Gasteiger partial charge on any atom is 0.242 e. The molecule has 1 atom stereocenters. The third-order valence-corrected chi connectivity index (χ3v) is 6.16. The molecular formula is C23H26Cl2N2O2. The summed E-state index contributed by atoms with van der Waals surface area (Å²) in [6.07, 6.45) is 4.32. The van der Waals surface area contributed by atoms with Gasteiger partial charge in [-0.05, 0) is 43.0 Å². The number of carbonyl (C=O) groups is 2. The van der Waals surface area contributed by atoms with Crippen LogP contribution in [-0.4, -0.2) is 28.8 Å². The van der Waals surface area contributed by atoms with Crippen molar-refractivity contribution in [3.63, 3.8) is 0 Å². The summed E-state index contributed by atoms with van der Waals surface area (Å²) in [5, 5.41) is 4.01. The molecule has 29 heavy (non-hydrogen) atoms. The first-order chi connectivity index (χ1) is 14.0. The fourth-order valence-electron chi connectivity index (χ4n) is 3.71. The topological polar surface area (TPSA) is 49.4 Å². The van der Waals surface area contributed by atoms with Crippen LogP contribution in [0.2, 0.25) is 10.0 Å². The van der Waals surface area contributed by atoms with E-state index in [1.165, 1.54) is 0 Å². The Morgan fingerprint density at radius 3 is 2.28 bits per heavy atom. The van der Waals surface area contributed by atoms with Crippen molar-refractivity contribution in [3.8, 4) is 0 Å². The van der Waals surface area contributed by atoms with Crippen molar-refractivity contribution < 1.29 is 9.59 Å². The van der Waals surface area contributed by atoms with E-state index in [0.29, 0.717) is 22.2 Å². The number of benzene rings is 2. The lowest BCUT2D eigenvalue weighted by Crippen LogP contribution is -2.50. The van der Waals surface area contributed by atoms with E-state index in [1.807, 2.05) is 30.3 Å². The standard InChI is InChI=1S/C23H26Cl2N2O2/c1-16(23(29)26-18-10-5-6-11-18)27(15-17-8-3-2-4-9-17)22(28)14-19-20(24)12-7-13-21(19)25/h2-4,7-9,12-13,16,18H,5-6,10-11,14-15H2,1H3,(H,26,29)/t16-/m1/s1. The van der Waals surface area contributed by atoms with Gasteiger partial charge in [0, 0.05) is 22.6 Å². The molecule has 0 aromatic heterocycles. The zero-order chi connectivity index (χ0) is 20.8. The molecule has 1 saturated carbocycles. The number of hydrogen-bond donors (Lipinski definition) is 1. The van der Waals surface area contributed by atoms with Crippen LogP contribution in [0.25, 0.3) is 0 Å². The first-order valence-corrected chi connectivity index (χ1v) is 10.8. The van der Waals surface area contributed by atoms with Gasteiger partial charge in [0.15, 0.2) is 0 Å². The van der Waals surface area contributed by atoms with E-state index >= 15 is 0 Å². The Morgan fingerprint density at radius 2 is 1.66 bits per heavy atom. The molecule has 0 aliphatic heterocycles. The fraction of sp³-hybridized carbons (Fsp3) is 0.391. The highest BCUT2D eigenvalue weighted by Crippen LogP contribution is 2.26. The van der Waals surface area contributed by atoms with Gasteiger partial charge in [0.2, 0.25) is 11.8 Å². The van der Waals surface area contributed by atoms with Crippen LogP contribution in [0.5, 0.6) is 0 Å². The monoisotopic (exact) mass is 432 g/mol. The molecule has 3 rings (SSSR count). The van der Waals surface area contributed by atoms with Gasteiger partial charge >= 0.3 is 0 Å². The van der Waals surface area contributed by atoms with E-state index in [9.17, 15) is 9.59 Å². The Balaban J connectivity index is 1.79. The number of nitrogens with zero attached hydrogens (tertiary/aromatic N) is 1. The van der Waals surface area contributed by atoms with Gasteiger partial charge in [0.1, 0.15) is 6.04 Å². The van der Waals surface area contributed by atoms with E-state index < -0.39 is 6.04 Å². The molecule has 2 aromatic carbocycles. The van der Waals surface area contributed by atoms with Gasteiger partial charge in [-0.25, -0.2) is 0 Å². The molecule has 1 aliphatic carbocycles. The van der Waals surface area contributed by atoms with Gasteiger partial charge in [-0.15, -0.1) is 0 Å². The van der Waals surface area contributed by atoms with Crippen molar-refractivity contribution in [2.24, 2.45) is 0 Å². The Bertz CT molecular complexity index is 831. The summed E-state index contributed by atoms with van der Waals surface area (Å²) < 4.78 is 0. The third-order valence-electron chi connectivity index (χ3n) is 5.45. The molecule has 2 aromatic rings. The minimum Gasteiger partial charge on any atom is -0.352 e. The summed E-state index contributed by atoms with van der Waals surface area (Å²) in [6.45, 7) is 2.13. The molecule has 0 saturated heterocycles. The number of hydrogen-bond acceptors (Lipinski definition) is 2. The first kappa shape index (κ1) is 21.7. The van der Waals surface area contributed by atoms with E-state index in [-0.39, 0.29) is 24.3 Å². The SMILES string of the molecule is C[C@H](C(=O)NC1CCCC1)N(Cc1ccccc1)C(=O)Cc1c(Cl)cccc1Cl. The van der Waals surface area contributed by atoms with Crippen LogP contribution in [0.3, 0.4) is 0 Å². The first-order valence-electron chi connectivity index (χ1n) is 10.0. The van der Waals surface area contributed by atoms with E-state index in [1.54, 1.807) is 30.0 Å². The molecule has 6 heteroatoms. The zero-order valence-corrected chi connectivity index (χ0v) is 18.0. The van der Waals surface area contributed by atoms with E-state index in [2.05, 4.69) is 5.32 Å².